The first-order valence-electron chi connectivity index (χ1n) is 7.39. The van der Waals surface area contributed by atoms with Crippen LogP contribution < -0.4 is 10.2 Å². The van der Waals surface area contributed by atoms with Gasteiger partial charge in [-0.3, -0.25) is 0 Å². The zero-order valence-electron chi connectivity index (χ0n) is 12.7. The van der Waals surface area contributed by atoms with Crippen LogP contribution in [0.5, 0.6) is 0 Å². The van der Waals surface area contributed by atoms with Gasteiger partial charge < -0.3 is 15.0 Å². The first-order chi connectivity index (χ1) is 9.61. The fourth-order valence-corrected chi connectivity index (χ4v) is 2.56. The lowest BCUT2D eigenvalue weighted by molar-refractivity contribution is 0.204. The molecule has 0 radical (unpaired) electrons. The SMILES string of the molecule is COCCN(c1ccc(Cl)cc1CNC1CC1)C(C)C. The van der Waals surface area contributed by atoms with E-state index in [1.54, 1.807) is 7.11 Å². The van der Waals surface area contributed by atoms with E-state index in [1.165, 1.54) is 24.1 Å². The van der Waals surface area contributed by atoms with Crippen molar-refractivity contribution in [2.24, 2.45) is 0 Å². The summed E-state index contributed by atoms with van der Waals surface area (Å²) < 4.78 is 5.23. The minimum Gasteiger partial charge on any atom is -0.383 e. The van der Waals surface area contributed by atoms with Gasteiger partial charge in [-0.1, -0.05) is 11.6 Å². The van der Waals surface area contributed by atoms with Crippen LogP contribution in [0.1, 0.15) is 32.3 Å². The quantitative estimate of drug-likeness (QED) is 0.795. The highest BCUT2D eigenvalue weighted by atomic mass is 35.5. The molecule has 1 N–H and O–H groups in total. The van der Waals surface area contributed by atoms with Gasteiger partial charge in [0.1, 0.15) is 0 Å². The molecule has 3 nitrogen and oxygen atoms in total. The van der Waals surface area contributed by atoms with Crippen LogP contribution in [-0.2, 0) is 11.3 Å². The third-order valence-corrected chi connectivity index (χ3v) is 3.90. The Kier molecular flexibility index (Phi) is 5.70. The normalized spacial score (nSPS) is 14.8. The third-order valence-electron chi connectivity index (χ3n) is 3.67. The highest BCUT2D eigenvalue weighted by Gasteiger charge is 2.21. The van der Waals surface area contributed by atoms with Crippen molar-refractivity contribution in [3.8, 4) is 0 Å². The number of hydrogen-bond acceptors (Lipinski definition) is 3. The van der Waals surface area contributed by atoms with Crippen molar-refractivity contribution < 1.29 is 4.74 Å². The Bertz CT molecular complexity index is 432. The molecule has 0 amide bonds. The van der Waals surface area contributed by atoms with Crippen molar-refractivity contribution in [2.45, 2.75) is 45.3 Å². The molecule has 0 spiro atoms. The number of methoxy groups -OCH3 is 1. The summed E-state index contributed by atoms with van der Waals surface area (Å²) >= 11 is 6.17. The second kappa shape index (κ2) is 7.30. The van der Waals surface area contributed by atoms with Crippen LogP contribution in [0.4, 0.5) is 5.69 Å². The third kappa shape index (κ3) is 4.37. The second-order valence-corrected chi connectivity index (χ2v) is 6.14. The van der Waals surface area contributed by atoms with Crippen molar-refractivity contribution in [3.63, 3.8) is 0 Å². The van der Waals surface area contributed by atoms with Crippen LogP contribution in [0.25, 0.3) is 0 Å². The minimum atomic E-state index is 0.436. The molecule has 0 bridgehead atoms. The summed E-state index contributed by atoms with van der Waals surface area (Å²) in [6.07, 6.45) is 2.60. The van der Waals surface area contributed by atoms with Crippen LogP contribution >= 0.6 is 11.6 Å². The Morgan fingerprint density at radius 2 is 2.15 bits per heavy atom. The summed E-state index contributed by atoms with van der Waals surface area (Å²) in [5, 5.41) is 4.38. The molecule has 4 heteroatoms. The van der Waals surface area contributed by atoms with E-state index in [1.807, 2.05) is 6.07 Å². The first kappa shape index (κ1) is 15.6. The first-order valence-corrected chi connectivity index (χ1v) is 7.77. The number of ether oxygens (including phenoxy) is 1. The Hall–Kier alpha value is -0.770. The zero-order valence-corrected chi connectivity index (χ0v) is 13.4. The fraction of sp³-hybridized carbons (Fsp3) is 0.625. The number of rotatable bonds is 8. The van der Waals surface area contributed by atoms with Crippen molar-refractivity contribution in [3.05, 3.63) is 28.8 Å². The summed E-state index contributed by atoms with van der Waals surface area (Å²) in [4.78, 5) is 2.38. The molecular weight excluding hydrogens is 272 g/mol. The molecule has 0 aromatic heterocycles. The lowest BCUT2D eigenvalue weighted by Crippen LogP contribution is -2.35. The molecule has 1 aromatic rings. The number of hydrogen-bond donors (Lipinski definition) is 1. The molecule has 2 rings (SSSR count). The summed E-state index contributed by atoms with van der Waals surface area (Å²) in [7, 11) is 1.75. The van der Waals surface area contributed by atoms with Gasteiger partial charge in [-0.05, 0) is 50.5 Å². The standard InChI is InChI=1S/C16H25ClN2O/c1-12(2)19(8-9-20-3)16-7-4-14(17)10-13(16)11-18-15-5-6-15/h4,7,10,12,15,18H,5-6,8-9,11H2,1-3H3. The van der Waals surface area contributed by atoms with Gasteiger partial charge in [-0.15, -0.1) is 0 Å². The maximum absolute atomic E-state index is 6.17. The van der Waals surface area contributed by atoms with Crippen molar-refractivity contribution in [1.82, 2.24) is 5.32 Å². The predicted octanol–water partition coefficient (Wildman–Crippen LogP) is 3.45. The number of anilines is 1. The van der Waals surface area contributed by atoms with Gasteiger partial charge in [-0.2, -0.15) is 0 Å². The number of nitrogens with one attached hydrogen (secondary N) is 1. The fourth-order valence-electron chi connectivity index (χ4n) is 2.36. The van der Waals surface area contributed by atoms with E-state index >= 15 is 0 Å². The second-order valence-electron chi connectivity index (χ2n) is 5.71. The summed E-state index contributed by atoms with van der Waals surface area (Å²) in [5.41, 5.74) is 2.53. The summed E-state index contributed by atoms with van der Waals surface area (Å²) in [6.45, 7) is 6.93. The molecular formula is C16H25ClN2O. The van der Waals surface area contributed by atoms with Crippen molar-refractivity contribution in [2.75, 3.05) is 25.2 Å². The van der Waals surface area contributed by atoms with Gasteiger partial charge >= 0.3 is 0 Å². The monoisotopic (exact) mass is 296 g/mol. The average molecular weight is 297 g/mol. The average Bonchev–Trinajstić information content (AvgIpc) is 3.22. The molecule has 112 valence electrons. The van der Waals surface area contributed by atoms with Gasteiger partial charge in [0.15, 0.2) is 0 Å². The van der Waals surface area contributed by atoms with Gasteiger partial charge in [0.05, 0.1) is 6.61 Å². The lowest BCUT2D eigenvalue weighted by atomic mass is 10.1. The summed E-state index contributed by atoms with van der Waals surface area (Å²) in [6, 6.07) is 7.31. The van der Waals surface area contributed by atoms with E-state index < -0.39 is 0 Å². The lowest BCUT2D eigenvalue weighted by Gasteiger charge is -2.31. The van der Waals surface area contributed by atoms with Crippen LogP contribution in [0.3, 0.4) is 0 Å². The molecule has 0 saturated heterocycles. The molecule has 1 aromatic carbocycles. The zero-order chi connectivity index (χ0) is 14.5. The molecule has 20 heavy (non-hydrogen) atoms. The van der Waals surface area contributed by atoms with E-state index in [0.29, 0.717) is 12.1 Å². The van der Waals surface area contributed by atoms with Crippen LogP contribution in [-0.4, -0.2) is 32.3 Å². The van der Waals surface area contributed by atoms with Crippen LogP contribution in [0, 0.1) is 0 Å². The van der Waals surface area contributed by atoms with E-state index in [-0.39, 0.29) is 0 Å². The molecule has 1 fully saturated rings. The van der Waals surface area contributed by atoms with E-state index in [2.05, 4.69) is 36.2 Å². The Balaban J connectivity index is 2.16. The Morgan fingerprint density at radius 3 is 2.75 bits per heavy atom. The predicted molar refractivity (Wildman–Crippen MR) is 85.7 cm³/mol. The largest absolute Gasteiger partial charge is 0.383 e. The van der Waals surface area contributed by atoms with Crippen molar-refractivity contribution >= 4 is 17.3 Å². The van der Waals surface area contributed by atoms with Gasteiger partial charge in [0, 0.05) is 43.0 Å². The molecule has 0 heterocycles. The molecule has 0 aliphatic heterocycles. The maximum Gasteiger partial charge on any atom is 0.0637 e. The molecule has 1 saturated carbocycles. The number of benzene rings is 1. The van der Waals surface area contributed by atoms with Crippen LogP contribution in [0.15, 0.2) is 18.2 Å². The molecule has 0 unspecified atom stereocenters. The number of nitrogens with zero attached hydrogens (tertiary/aromatic N) is 1. The molecule has 0 atom stereocenters. The van der Waals surface area contributed by atoms with E-state index in [9.17, 15) is 0 Å². The van der Waals surface area contributed by atoms with E-state index in [0.717, 1.165) is 24.7 Å². The van der Waals surface area contributed by atoms with E-state index in [4.69, 9.17) is 16.3 Å². The van der Waals surface area contributed by atoms with Crippen LogP contribution in [0.2, 0.25) is 5.02 Å². The van der Waals surface area contributed by atoms with Gasteiger partial charge in [-0.25, -0.2) is 0 Å². The maximum atomic E-state index is 6.17. The minimum absolute atomic E-state index is 0.436. The molecule has 1 aliphatic rings. The smallest absolute Gasteiger partial charge is 0.0637 e. The van der Waals surface area contributed by atoms with Gasteiger partial charge in [0.2, 0.25) is 0 Å². The van der Waals surface area contributed by atoms with Crippen molar-refractivity contribution in [1.29, 1.82) is 0 Å². The Morgan fingerprint density at radius 1 is 1.40 bits per heavy atom. The highest BCUT2D eigenvalue weighted by molar-refractivity contribution is 6.30. The topological polar surface area (TPSA) is 24.5 Å². The molecule has 1 aliphatic carbocycles. The highest BCUT2D eigenvalue weighted by Crippen LogP contribution is 2.27. The Labute approximate surface area is 127 Å². The van der Waals surface area contributed by atoms with Gasteiger partial charge in [0.25, 0.3) is 0 Å². The summed E-state index contributed by atoms with van der Waals surface area (Å²) in [5.74, 6) is 0. The number of halogens is 1.